The Morgan fingerprint density at radius 3 is 2.33 bits per heavy atom. The zero-order valence-electron chi connectivity index (χ0n) is 14.8. The number of hydrogen-bond donors (Lipinski definition) is 1. The number of carbonyl (C=O) groups excluding carboxylic acids is 1. The number of benzene rings is 2. The van der Waals surface area contributed by atoms with Gasteiger partial charge in [-0.15, -0.1) is 0 Å². The number of nitrogens with zero attached hydrogens (tertiary/aromatic N) is 1. The molecule has 0 fully saturated rings. The highest BCUT2D eigenvalue weighted by Crippen LogP contribution is 2.25. The molecule has 24 heavy (non-hydrogen) atoms. The molecular weight excluding hydrogens is 296 g/mol. The lowest BCUT2D eigenvalue weighted by atomic mass is 9.92. The average Bonchev–Trinajstić information content (AvgIpc) is 2.53. The van der Waals surface area contributed by atoms with Gasteiger partial charge in [0.05, 0.1) is 6.04 Å². The summed E-state index contributed by atoms with van der Waals surface area (Å²) < 4.78 is 0. The van der Waals surface area contributed by atoms with E-state index in [1.807, 2.05) is 26.8 Å². The fourth-order valence-corrected chi connectivity index (χ4v) is 3.27. The summed E-state index contributed by atoms with van der Waals surface area (Å²) >= 11 is 0. The molecule has 0 radical (unpaired) electrons. The topological polar surface area (TPSA) is 32.3 Å². The first kappa shape index (κ1) is 16.7. The van der Waals surface area contributed by atoms with Crippen LogP contribution >= 0.6 is 0 Å². The fourth-order valence-electron chi connectivity index (χ4n) is 3.27. The molecule has 1 atom stereocenters. The predicted octanol–water partition coefficient (Wildman–Crippen LogP) is 3.53. The first-order chi connectivity index (χ1) is 11.4. The van der Waals surface area contributed by atoms with Gasteiger partial charge < -0.3 is 5.32 Å². The lowest BCUT2D eigenvalue weighted by Crippen LogP contribution is -2.54. The highest BCUT2D eigenvalue weighted by atomic mass is 16.2. The lowest BCUT2D eigenvalue weighted by Gasteiger charge is -2.37. The first-order valence-corrected chi connectivity index (χ1v) is 8.59. The van der Waals surface area contributed by atoms with E-state index in [2.05, 4.69) is 58.7 Å². The molecule has 0 saturated heterocycles. The molecule has 1 N–H and O–H groups in total. The quantitative estimate of drug-likeness (QED) is 0.937. The number of carbonyl (C=O) groups is 1. The van der Waals surface area contributed by atoms with Crippen LogP contribution in [0.25, 0.3) is 0 Å². The van der Waals surface area contributed by atoms with Gasteiger partial charge in [-0.05, 0) is 43.9 Å². The summed E-state index contributed by atoms with van der Waals surface area (Å²) in [4.78, 5) is 15.2. The van der Waals surface area contributed by atoms with Crippen LogP contribution in [-0.2, 0) is 24.3 Å². The molecule has 3 nitrogen and oxygen atoms in total. The van der Waals surface area contributed by atoms with Crippen LogP contribution in [0.1, 0.15) is 37.5 Å². The van der Waals surface area contributed by atoms with Gasteiger partial charge in [0.25, 0.3) is 0 Å². The molecule has 2 aromatic rings. The average molecular weight is 322 g/mol. The third kappa shape index (κ3) is 4.04. The Balaban J connectivity index is 1.86. The van der Waals surface area contributed by atoms with Crippen molar-refractivity contribution in [3.05, 3.63) is 71.3 Å². The zero-order chi connectivity index (χ0) is 17.2. The van der Waals surface area contributed by atoms with E-state index in [9.17, 15) is 4.79 Å². The number of nitrogens with one attached hydrogen (secondary N) is 1. The van der Waals surface area contributed by atoms with Gasteiger partial charge in [-0.25, -0.2) is 0 Å². The maximum Gasteiger partial charge on any atom is 0.238 e. The van der Waals surface area contributed by atoms with Crippen molar-refractivity contribution in [1.29, 1.82) is 0 Å². The molecule has 126 valence electrons. The summed E-state index contributed by atoms with van der Waals surface area (Å²) in [6, 6.07) is 18.7. The van der Waals surface area contributed by atoms with Gasteiger partial charge in [0.1, 0.15) is 0 Å². The standard InChI is InChI=1S/C21H26N2O/c1-21(2,3)22-20(24)19-13-17-11-7-8-12-18(17)15-23(19)14-16-9-5-4-6-10-16/h4-12,19H,13-15H2,1-3H3,(H,22,24). The van der Waals surface area contributed by atoms with Crippen molar-refractivity contribution in [2.75, 3.05) is 0 Å². The maximum absolute atomic E-state index is 12.9. The van der Waals surface area contributed by atoms with Gasteiger partial charge in [0, 0.05) is 18.6 Å². The van der Waals surface area contributed by atoms with Gasteiger partial charge in [0.2, 0.25) is 5.91 Å². The van der Waals surface area contributed by atoms with E-state index in [1.54, 1.807) is 0 Å². The Kier molecular flexibility index (Phi) is 4.72. The van der Waals surface area contributed by atoms with Crippen molar-refractivity contribution < 1.29 is 4.79 Å². The molecule has 1 aliphatic rings. The van der Waals surface area contributed by atoms with Crippen LogP contribution in [0.15, 0.2) is 54.6 Å². The molecule has 1 heterocycles. The largest absolute Gasteiger partial charge is 0.350 e. The molecular formula is C21H26N2O. The van der Waals surface area contributed by atoms with E-state index >= 15 is 0 Å². The Labute approximate surface area is 144 Å². The van der Waals surface area contributed by atoms with Crippen LogP contribution < -0.4 is 5.32 Å². The van der Waals surface area contributed by atoms with Gasteiger partial charge in [0.15, 0.2) is 0 Å². The van der Waals surface area contributed by atoms with Crippen LogP contribution in [0, 0.1) is 0 Å². The molecule has 1 unspecified atom stereocenters. The highest BCUT2D eigenvalue weighted by molar-refractivity contribution is 5.83. The van der Waals surface area contributed by atoms with E-state index in [-0.39, 0.29) is 17.5 Å². The van der Waals surface area contributed by atoms with Crippen LogP contribution in [0.5, 0.6) is 0 Å². The SMILES string of the molecule is CC(C)(C)NC(=O)C1Cc2ccccc2CN1Cc1ccccc1. The normalized spacial score (nSPS) is 18.0. The Hall–Kier alpha value is -2.13. The second kappa shape index (κ2) is 6.78. The second-order valence-corrected chi connectivity index (χ2v) is 7.62. The number of amides is 1. The van der Waals surface area contributed by atoms with Crippen LogP contribution in [0.4, 0.5) is 0 Å². The maximum atomic E-state index is 12.9. The van der Waals surface area contributed by atoms with Gasteiger partial charge in [-0.1, -0.05) is 54.6 Å². The van der Waals surface area contributed by atoms with E-state index in [4.69, 9.17) is 0 Å². The molecule has 0 aromatic heterocycles. The smallest absolute Gasteiger partial charge is 0.238 e. The first-order valence-electron chi connectivity index (χ1n) is 8.59. The second-order valence-electron chi connectivity index (χ2n) is 7.62. The van der Waals surface area contributed by atoms with E-state index in [1.165, 1.54) is 16.7 Å². The fraction of sp³-hybridized carbons (Fsp3) is 0.381. The molecule has 1 aliphatic heterocycles. The molecule has 0 aliphatic carbocycles. The summed E-state index contributed by atoms with van der Waals surface area (Å²) in [5.74, 6) is 0.118. The van der Waals surface area contributed by atoms with Gasteiger partial charge in [-0.2, -0.15) is 0 Å². The van der Waals surface area contributed by atoms with Gasteiger partial charge >= 0.3 is 0 Å². The summed E-state index contributed by atoms with van der Waals surface area (Å²) in [6.07, 6.45) is 0.769. The molecule has 3 heteroatoms. The minimum absolute atomic E-state index is 0.118. The molecule has 1 amide bonds. The van der Waals surface area contributed by atoms with Gasteiger partial charge in [-0.3, -0.25) is 9.69 Å². The number of rotatable bonds is 3. The Morgan fingerprint density at radius 1 is 1.04 bits per heavy atom. The lowest BCUT2D eigenvalue weighted by molar-refractivity contribution is -0.128. The van der Waals surface area contributed by atoms with E-state index in [0.717, 1.165) is 19.5 Å². The van der Waals surface area contributed by atoms with Crippen molar-refractivity contribution in [3.8, 4) is 0 Å². The molecule has 0 spiro atoms. The molecule has 3 rings (SSSR count). The van der Waals surface area contributed by atoms with Crippen molar-refractivity contribution in [2.24, 2.45) is 0 Å². The molecule has 0 saturated carbocycles. The zero-order valence-corrected chi connectivity index (χ0v) is 14.8. The van der Waals surface area contributed by atoms with Crippen LogP contribution in [0.2, 0.25) is 0 Å². The summed E-state index contributed by atoms with van der Waals surface area (Å²) in [5.41, 5.74) is 3.64. The molecule has 2 aromatic carbocycles. The van der Waals surface area contributed by atoms with Crippen molar-refractivity contribution in [3.63, 3.8) is 0 Å². The third-order valence-corrected chi connectivity index (χ3v) is 4.38. The number of fused-ring (bicyclic) bond motifs is 1. The van der Waals surface area contributed by atoms with Crippen LogP contribution in [0.3, 0.4) is 0 Å². The highest BCUT2D eigenvalue weighted by Gasteiger charge is 2.32. The van der Waals surface area contributed by atoms with Crippen molar-refractivity contribution in [2.45, 2.75) is 51.9 Å². The minimum atomic E-state index is -0.216. The minimum Gasteiger partial charge on any atom is -0.350 e. The predicted molar refractivity (Wildman–Crippen MR) is 97.5 cm³/mol. The van der Waals surface area contributed by atoms with E-state index < -0.39 is 0 Å². The number of hydrogen-bond acceptors (Lipinski definition) is 2. The van der Waals surface area contributed by atoms with Crippen molar-refractivity contribution >= 4 is 5.91 Å². The summed E-state index contributed by atoms with van der Waals surface area (Å²) in [7, 11) is 0. The van der Waals surface area contributed by atoms with E-state index in [0.29, 0.717) is 0 Å². The van der Waals surface area contributed by atoms with Crippen molar-refractivity contribution in [1.82, 2.24) is 10.2 Å². The Morgan fingerprint density at radius 2 is 1.67 bits per heavy atom. The summed E-state index contributed by atoms with van der Waals surface area (Å²) in [6.45, 7) is 7.69. The third-order valence-electron chi connectivity index (χ3n) is 4.38. The monoisotopic (exact) mass is 322 g/mol. The molecule has 0 bridgehead atoms. The van der Waals surface area contributed by atoms with Crippen LogP contribution in [-0.4, -0.2) is 22.4 Å². The Bertz CT molecular complexity index is 703. The summed E-state index contributed by atoms with van der Waals surface area (Å²) in [5, 5.41) is 3.15.